The first-order valence-corrected chi connectivity index (χ1v) is 9.56. The van der Waals surface area contributed by atoms with Crippen molar-refractivity contribution in [1.29, 1.82) is 0 Å². The average Bonchev–Trinajstić information content (AvgIpc) is 3.14. The van der Waals surface area contributed by atoms with Gasteiger partial charge in [-0.25, -0.2) is 9.78 Å². The normalized spacial score (nSPS) is 11.6. The molecule has 0 saturated carbocycles. The molecule has 1 unspecified atom stereocenters. The Labute approximate surface area is 190 Å². The van der Waals surface area contributed by atoms with Crippen molar-refractivity contribution in [2.24, 2.45) is 0 Å². The number of thioether (sulfide) groups is 1. The van der Waals surface area contributed by atoms with E-state index in [1.165, 1.54) is 5.56 Å². The molecule has 3 aromatic rings. The van der Waals surface area contributed by atoms with Gasteiger partial charge in [0.05, 0.1) is 11.9 Å². The predicted molar refractivity (Wildman–Crippen MR) is 112 cm³/mol. The third-order valence-electron chi connectivity index (χ3n) is 4.05. The number of carbonyl (C=O) groups is 1. The van der Waals surface area contributed by atoms with Gasteiger partial charge in [-0.3, -0.25) is 0 Å². The fraction of sp³-hybridized carbons (Fsp3) is 0.200. The van der Waals surface area contributed by atoms with E-state index in [4.69, 9.17) is 16.7 Å². The Morgan fingerprint density at radius 3 is 2.44 bits per heavy atom. The number of rotatable bonds is 8. The second-order valence-electron chi connectivity index (χ2n) is 5.99. The first kappa shape index (κ1) is 22.1. The fourth-order valence-electron chi connectivity index (χ4n) is 2.66. The Morgan fingerprint density at radius 1 is 1.15 bits per heavy atom. The van der Waals surface area contributed by atoms with Crippen LogP contribution in [0.15, 0.2) is 72.1 Å². The molecule has 0 aliphatic heterocycles. The minimum atomic E-state index is -0.903. The third kappa shape index (κ3) is 7.01. The molecule has 136 valence electrons. The van der Waals surface area contributed by atoms with Crippen molar-refractivity contribution >= 4 is 58.9 Å². The van der Waals surface area contributed by atoms with Gasteiger partial charge in [-0.1, -0.05) is 23.7 Å². The molecule has 2 aromatic carbocycles. The van der Waals surface area contributed by atoms with Gasteiger partial charge in [-0.2, -0.15) is 0 Å². The summed E-state index contributed by atoms with van der Waals surface area (Å²) >= 11 is 7.72. The number of nitrogens with zero attached hydrogens (tertiary/aromatic N) is 2. The number of hydrogen-bond acceptors (Lipinski definition) is 3. The van der Waals surface area contributed by atoms with E-state index in [-0.39, 0.29) is 29.6 Å². The van der Waals surface area contributed by atoms with E-state index in [0.717, 1.165) is 29.3 Å². The van der Waals surface area contributed by atoms with Crippen LogP contribution in [0.1, 0.15) is 22.3 Å². The summed E-state index contributed by atoms with van der Waals surface area (Å²) in [5, 5.41) is 10.1. The van der Waals surface area contributed by atoms with Crippen molar-refractivity contribution in [2.75, 3.05) is 0 Å². The second-order valence-corrected chi connectivity index (χ2v) is 7.80. The van der Waals surface area contributed by atoms with E-state index < -0.39 is 5.97 Å². The molecule has 0 fully saturated rings. The first-order valence-electron chi connectivity index (χ1n) is 8.30. The van der Waals surface area contributed by atoms with Crippen molar-refractivity contribution < 1.29 is 9.90 Å². The van der Waals surface area contributed by atoms with Crippen molar-refractivity contribution in [3.63, 3.8) is 0 Å². The summed E-state index contributed by atoms with van der Waals surface area (Å²) in [5.74, 6) is -0.903. The number of aryl methyl sites for hydroxylation is 1. The van der Waals surface area contributed by atoms with Crippen molar-refractivity contribution in [3.8, 4) is 0 Å². The van der Waals surface area contributed by atoms with Gasteiger partial charge in [0.25, 0.3) is 0 Å². The van der Waals surface area contributed by atoms with Gasteiger partial charge in [-0.15, -0.1) is 11.8 Å². The number of carboxylic acids is 1. The Kier molecular flexibility index (Phi) is 8.93. The van der Waals surface area contributed by atoms with E-state index in [9.17, 15) is 4.79 Å². The summed E-state index contributed by atoms with van der Waals surface area (Å²) in [6.07, 6.45) is 7.51. The Bertz CT molecular complexity index is 839. The number of hydrogen-bond donors (Lipinski definition) is 1. The van der Waals surface area contributed by atoms with Crippen LogP contribution in [0.2, 0.25) is 5.02 Å². The van der Waals surface area contributed by atoms with E-state index in [1.54, 1.807) is 30.1 Å². The van der Waals surface area contributed by atoms with Gasteiger partial charge in [-0.05, 0) is 54.8 Å². The summed E-state index contributed by atoms with van der Waals surface area (Å²) in [6, 6.07) is 15.0. The van der Waals surface area contributed by atoms with Crippen LogP contribution in [-0.2, 0) is 13.0 Å². The van der Waals surface area contributed by atoms with Gasteiger partial charge in [0, 0.05) is 34.1 Å². The van der Waals surface area contributed by atoms with Crippen molar-refractivity contribution in [3.05, 3.63) is 83.4 Å². The summed E-state index contributed by atoms with van der Waals surface area (Å²) in [4.78, 5) is 16.2. The summed E-state index contributed by atoms with van der Waals surface area (Å²) in [7, 11) is 0. The van der Waals surface area contributed by atoms with Crippen LogP contribution in [0.3, 0.4) is 0 Å². The number of carboxylic acid groups (broad SMARTS) is 1. The maximum absolute atomic E-state index is 11.0. The number of imidazole rings is 1. The van der Waals surface area contributed by atoms with E-state index in [2.05, 4.69) is 21.7 Å². The number of aromatic carboxylic acids is 1. The van der Waals surface area contributed by atoms with Crippen LogP contribution in [-0.4, -0.2) is 55.4 Å². The molecule has 0 bridgehead atoms. The standard InChI is InChI=1S/C20H19ClN2O2S.Na.H/c21-17-6-1-15(2-7-17)3-8-19(13-23-12-11-22-14-23)26-18-9-4-16(5-10-18)20(24)25;;/h1-2,4-7,9-12,14,19H,3,8,13H2,(H,24,25);;. The Balaban J connectivity index is 0.00000261. The Morgan fingerprint density at radius 2 is 1.85 bits per heavy atom. The van der Waals surface area contributed by atoms with Gasteiger partial charge >= 0.3 is 35.5 Å². The molecule has 7 heteroatoms. The summed E-state index contributed by atoms with van der Waals surface area (Å²) in [5.41, 5.74) is 1.56. The third-order valence-corrected chi connectivity index (χ3v) is 5.56. The summed E-state index contributed by atoms with van der Waals surface area (Å²) in [6.45, 7) is 0.846. The quantitative estimate of drug-likeness (QED) is 0.442. The zero-order chi connectivity index (χ0) is 18.4. The SMILES string of the molecule is O=C(O)c1ccc(SC(CCc2ccc(Cl)cc2)Cn2ccnc2)cc1.[NaH]. The fourth-order valence-corrected chi connectivity index (χ4v) is 3.95. The molecule has 27 heavy (non-hydrogen) atoms. The molecule has 4 nitrogen and oxygen atoms in total. The minimum absolute atomic E-state index is 0. The summed E-state index contributed by atoms with van der Waals surface area (Å²) < 4.78 is 2.07. The molecule has 0 aliphatic rings. The van der Waals surface area contributed by atoms with E-state index >= 15 is 0 Å². The number of aromatic nitrogens is 2. The van der Waals surface area contributed by atoms with Crippen molar-refractivity contribution in [1.82, 2.24) is 9.55 Å². The molecule has 0 aliphatic carbocycles. The van der Waals surface area contributed by atoms with E-state index in [0.29, 0.717) is 10.8 Å². The molecule has 0 spiro atoms. The zero-order valence-corrected chi connectivity index (χ0v) is 15.7. The molecule has 3 rings (SSSR count). The maximum atomic E-state index is 11.0. The molecule has 0 saturated heterocycles. The van der Waals surface area contributed by atoms with Crippen LogP contribution >= 0.6 is 23.4 Å². The number of halogens is 1. The van der Waals surface area contributed by atoms with Crippen LogP contribution in [0, 0.1) is 0 Å². The zero-order valence-electron chi connectivity index (χ0n) is 14.1. The van der Waals surface area contributed by atoms with Gasteiger partial charge in [0.15, 0.2) is 0 Å². The first-order chi connectivity index (χ1) is 12.6. The average molecular weight is 411 g/mol. The van der Waals surface area contributed by atoms with E-state index in [1.807, 2.05) is 36.8 Å². The van der Waals surface area contributed by atoms with Crippen molar-refractivity contribution in [2.45, 2.75) is 29.5 Å². The van der Waals surface area contributed by atoms with Gasteiger partial charge in [0.2, 0.25) is 0 Å². The molecule has 1 atom stereocenters. The molecule has 1 aromatic heterocycles. The van der Waals surface area contributed by atoms with Crippen LogP contribution in [0.25, 0.3) is 0 Å². The Hall–Kier alpha value is -1.24. The molecular weight excluding hydrogens is 391 g/mol. The number of benzene rings is 2. The van der Waals surface area contributed by atoms with Gasteiger partial charge in [0.1, 0.15) is 0 Å². The molecule has 0 radical (unpaired) electrons. The van der Waals surface area contributed by atoms with Gasteiger partial charge < -0.3 is 9.67 Å². The van der Waals surface area contributed by atoms with Crippen LogP contribution < -0.4 is 0 Å². The second kappa shape index (κ2) is 10.9. The van der Waals surface area contributed by atoms with Crippen LogP contribution in [0.5, 0.6) is 0 Å². The van der Waals surface area contributed by atoms with Crippen LogP contribution in [0.4, 0.5) is 0 Å². The molecule has 1 heterocycles. The monoisotopic (exact) mass is 410 g/mol. The molecule has 1 N–H and O–H groups in total. The molecule has 0 amide bonds. The molecular formula is C20H20ClN2NaO2S. The predicted octanol–water partition coefficient (Wildman–Crippen LogP) is 4.38. The topological polar surface area (TPSA) is 55.1 Å².